The molecule has 3 atom stereocenters. The summed E-state index contributed by atoms with van der Waals surface area (Å²) < 4.78 is 29.8. The number of alkyl halides is 2. The Morgan fingerprint density at radius 3 is 2.46 bits per heavy atom. The number of benzene rings is 2. The van der Waals surface area contributed by atoms with Gasteiger partial charge in [-0.05, 0) is 35.1 Å². The van der Waals surface area contributed by atoms with E-state index >= 15 is 0 Å². The van der Waals surface area contributed by atoms with E-state index in [0.717, 1.165) is 16.9 Å². The number of carbonyl (C=O) groups is 4. The van der Waals surface area contributed by atoms with E-state index in [2.05, 4.69) is 5.32 Å². The van der Waals surface area contributed by atoms with Crippen LogP contribution < -0.4 is 5.32 Å². The lowest BCUT2D eigenvalue weighted by Crippen LogP contribution is -2.55. The molecule has 2 aromatic rings. The molecule has 2 aliphatic heterocycles. The van der Waals surface area contributed by atoms with Crippen LogP contribution in [0.5, 0.6) is 0 Å². The first-order valence-corrected chi connectivity index (χ1v) is 11.5. The van der Waals surface area contributed by atoms with Crippen molar-refractivity contribution in [2.24, 2.45) is 0 Å². The normalized spacial score (nSPS) is 20.9. The number of hydrogen-bond acceptors (Lipinski definition) is 4. The van der Waals surface area contributed by atoms with E-state index in [1.807, 2.05) is 0 Å². The van der Waals surface area contributed by atoms with Crippen molar-refractivity contribution in [3.8, 4) is 0 Å². The Kier molecular flexibility index (Phi) is 6.53. The van der Waals surface area contributed by atoms with Crippen molar-refractivity contribution >= 4 is 58.9 Å². The summed E-state index contributed by atoms with van der Waals surface area (Å²) in [7, 11) is 4.66. The van der Waals surface area contributed by atoms with Gasteiger partial charge >= 0.3 is 5.92 Å². The molecule has 0 radical (unpaired) electrons. The van der Waals surface area contributed by atoms with Gasteiger partial charge in [-0.1, -0.05) is 35.9 Å². The number of rotatable bonds is 5. The highest BCUT2D eigenvalue weighted by molar-refractivity contribution is 6.30. The van der Waals surface area contributed by atoms with E-state index < -0.39 is 35.3 Å². The number of halogens is 3. The lowest BCUT2D eigenvalue weighted by Gasteiger charge is -2.34. The number of carbonyl (C=O) groups excluding carboxylic acids is 4. The fourth-order valence-electron chi connectivity index (χ4n) is 4.62. The first kappa shape index (κ1) is 25.0. The Bertz CT molecular complexity index is 1230. The molecule has 2 aliphatic rings. The quantitative estimate of drug-likeness (QED) is 0.463. The molecule has 35 heavy (non-hydrogen) atoms. The second-order valence-electron chi connectivity index (χ2n) is 9.06. The van der Waals surface area contributed by atoms with Crippen LogP contribution in [0.15, 0.2) is 42.5 Å². The Labute approximate surface area is 208 Å². The predicted molar refractivity (Wildman–Crippen MR) is 132 cm³/mol. The molecule has 0 aromatic heterocycles. The summed E-state index contributed by atoms with van der Waals surface area (Å²) in [6, 6.07) is 8.93. The number of imide groups is 1. The summed E-state index contributed by atoms with van der Waals surface area (Å²) >= 11 is 5.77. The van der Waals surface area contributed by atoms with E-state index in [4.69, 9.17) is 11.6 Å². The van der Waals surface area contributed by atoms with E-state index in [1.54, 1.807) is 33.9 Å². The van der Waals surface area contributed by atoms with Crippen molar-refractivity contribution in [1.29, 1.82) is 0 Å². The van der Waals surface area contributed by atoms with Crippen molar-refractivity contribution in [3.05, 3.63) is 69.7 Å². The molecule has 2 heterocycles. The van der Waals surface area contributed by atoms with E-state index in [0.29, 0.717) is 16.7 Å². The average Bonchev–Trinajstić information content (AvgIpc) is 3.12. The molecule has 13 heteroatoms. The molecule has 0 bridgehead atoms. The van der Waals surface area contributed by atoms with Crippen LogP contribution in [-0.4, -0.2) is 63.1 Å². The maximum absolute atomic E-state index is 14.9. The number of hydrogen-bond donors (Lipinski definition) is 1. The van der Waals surface area contributed by atoms with Crippen molar-refractivity contribution < 1.29 is 28.0 Å². The molecule has 0 spiro atoms. The molecule has 2 aromatic carbocycles. The number of amides is 4. The lowest BCUT2D eigenvalue weighted by molar-refractivity contribution is -0.154. The topological polar surface area (TPSA) is 86.8 Å². The maximum atomic E-state index is 14.9. The van der Waals surface area contributed by atoms with Crippen molar-refractivity contribution in [2.75, 3.05) is 0 Å². The third-order valence-corrected chi connectivity index (χ3v) is 6.99. The molecule has 3 unspecified atom stereocenters. The van der Waals surface area contributed by atoms with E-state index in [-0.39, 0.29) is 35.6 Å². The zero-order valence-corrected chi connectivity index (χ0v) is 20.1. The highest BCUT2D eigenvalue weighted by Gasteiger charge is 2.45. The third kappa shape index (κ3) is 4.47. The first-order chi connectivity index (χ1) is 16.4. The Balaban J connectivity index is 1.54. The molecule has 0 saturated carbocycles. The van der Waals surface area contributed by atoms with Gasteiger partial charge < -0.3 is 9.71 Å². The SMILES string of the molecule is BC1CC(=O)NC(=O)C1N1Cc2cc(C(B)N(B)C(=O)C(F)(F)c3ccc(Cl)cc3)ccc2C1=O. The second kappa shape index (κ2) is 9.15. The number of nitrogens with one attached hydrogen (secondary N) is 1. The van der Waals surface area contributed by atoms with Crippen molar-refractivity contribution in [1.82, 2.24) is 15.0 Å². The molecule has 1 fully saturated rings. The Morgan fingerprint density at radius 2 is 1.83 bits per heavy atom. The average molecular weight is 497 g/mol. The summed E-state index contributed by atoms with van der Waals surface area (Å²) in [6.45, 7) is 0.143. The van der Waals surface area contributed by atoms with Crippen LogP contribution in [0.3, 0.4) is 0 Å². The van der Waals surface area contributed by atoms with Crippen LogP contribution in [0.4, 0.5) is 8.78 Å². The summed E-state index contributed by atoms with van der Waals surface area (Å²) in [5.41, 5.74) is 1.14. The molecule has 1 N–H and O–H groups in total. The molecule has 4 amide bonds. The molecular formula is C22H21B3ClF2N3O4. The van der Waals surface area contributed by atoms with Gasteiger partial charge in [0.2, 0.25) is 19.8 Å². The molecule has 1 saturated heterocycles. The monoisotopic (exact) mass is 497 g/mol. The van der Waals surface area contributed by atoms with E-state index in [1.165, 1.54) is 25.0 Å². The lowest BCUT2D eigenvalue weighted by atomic mass is 9.75. The molecule has 0 aliphatic carbocycles. The molecule has 178 valence electrons. The summed E-state index contributed by atoms with van der Waals surface area (Å²) in [6.07, 6.45) is 0.132. The fraction of sp³-hybridized carbons (Fsp3) is 0.273. The zero-order chi connectivity index (χ0) is 25.7. The molecule has 7 nitrogen and oxygen atoms in total. The van der Waals surface area contributed by atoms with Crippen LogP contribution in [0.2, 0.25) is 10.8 Å². The Morgan fingerprint density at radius 1 is 1.17 bits per heavy atom. The minimum atomic E-state index is -3.75. The van der Waals surface area contributed by atoms with Crippen LogP contribution >= 0.6 is 11.6 Å². The molecular weight excluding hydrogens is 476 g/mol. The largest absolute Gasteiger partial charge is 0.389 e. The smallest absolute Gasteiger partial charge is 0.348 e. The third-order valence-electron chi connectivity index (χ3n) is 6.73. The minimum Gasteiger partial charge on any atom is -0.389 e. The zero-order valence-electron chi connectivity index (χ0n) is 19.3. The number of fused-ring (bicyclic) bond motifs is 1. The summed E-state index contributed by atoms with van der Waals surface area (Å²) in [5.74, 6) is -7.40. The first-order valence-electron chi connectivity index (χ1n) is 11.1. The van der Waals surface area contributed by atoms with Gasteiger partial charge in [-0.2, -0.15) is 8.78 Å². The van der Waals surface area contributed by atoms with Crippen LogP contribution in [0.1, 0.15) is 39.4 Å². The van der Waals surface area contributed by atoms with Gasteiger partial charge in [-0.3, -0.25) is 24.5 Å². The molecule has 4 rings (SSSR count). The van der Waals surface area contributed by atoms with Crippen molar-refractivity contribution in [2.45, 2.75) is 36.7 Å². The van der Waals surface area contributed by atoms with Gasteiger partial charge in [-0.25, -0.2) is 0 Å². The standard InChI is InChI=1S/C22H21B3ClF2N3O4/c23-15-8-16(32)29-19(33)17(15)30-9-11-7-10(1-6-14(11)20(30)34)18(24)31(25)21(35)22(27,28)12-2-4-13(26)5-3-12/h1-7,15,17-18H,8-9,23-25H2,(H,29,32,33). The number of piperidine rings is 1. The van der Waals surface area contributed by atoms with Gasteiger partial charge in [-0.15, -0.1) is 0 Å². The van der Waals surface area contributed by atoms with Gasteiger partial charge in [0.25, 0.3) is 11.8 Å². The van der Waals surface area contributed by atoms with E-state index in [9.17, 15) is 28.0 Å². The minimum absolute atomic E-state index is 0.132. The summed E-state index contributed by atoms with van der Waals surface area (Å²) in [5, 5.41) is 2.56. The highest BCUT2D eigenvalue weighted by atomic mass is 35.5. The van der Waals surface area contributed by atoms with Gasteiger partial charge in [0.15, 0.2) is 0 Å². The highest BCUT2D eigenvalue weighted by Crippen LogP contribution is 2.35. The van der Waals surface area contributed by atoms with Crippen LogP contribution in [0.25, 0.3) is 0 Å². The number of nitrogens with zero attached hydrogens (tertiary/aromatic N) is 2. The maximum Gasteiger partial charge on any atom is 0.348 e. The van der Waals surface area contributed by atoms with Gasteiger partial charge in [0.05, 0.1) is 0 Å². The Hall–Kier alpha value is -3.14. The van der Waals surface area contributed by atoms with Crippen LogP contribution in [-0.2, 0) is 26.9 Å². The van der Waals surface area contributed by atoms with Gasteiger partial charge in [0, 0.05) is 35.1 Å². The van der Waals surface area contributed by atoms with Crippen LogP contribution in [0, 0.1) is 0 Å². The fourth-order valence-corrected chi connectivity index (χ4v) is 4.75. The van der Waals surface area contributed by atoms with Crippen molar-refractivity contribution in [3.63, 3.8) is 0 Å². The summed E-state index contributed by atoms with van der Waals surface area (Å²) in [4.78, 5) is 52.2. The van der Waals surface area contributed by atoms with Gasteiger partial charge in [0.1, 0.15) is 21.7 Å². The predicted octanol–water partition coefficient (Wildman–Crippen LogP) is -0.0671. The second-order valence-corrected chi connectivity index (χ2v) is 9.50.